The molecule has 5 nitrogen and oxygen atoms in total. The molecule has 0 fully saturated rings. The van der Waals surface area contributed by atoms with Gasteiger partial charge >= 0.3 is 0 Å². The van der Waals surface area contributed by atoms with Crippen LogP contribution in [-0.4, -0.2) is 44.0 Å². The van der Waals surface area contributed by atoms with Crippen molar-refractivity contribution >= 4 is 11.8 Å². The molecule has 3 rings (SSSR count). The summed E-state index contributed by atoms with van der Waals surface area (Å²) in [5, 5.41) is 3.07. The summed E-state index contributed by atoms with van der Waals surface area (Å²) in [6.07, 6.45) is 0. The summed E-state index contributed by atoms with van der Waals surface area (Å²) in [5.74, 6) is -0.0294. The van der Waals surface area contributed by atoms with Crippen molar-refractivity contribution in [1.82, 2.24) is 10.2 Å². The van der Waals surface area contributed by atoms with E-state index in [2.05, 4.69) is 36.5 Å². The van der Waals surface area contributed by atoms with Gasteiger partial charge in [-0.05, 0) is 30.2 Å². The molecule has 0 heterocycles. The Morgan fingerprint density at radius 1 is 0.839 bits per heavy atom. The number of carbonyl (C=O) groups excluding carboxylic acids is 2. The highest BCUT2D eigenvalue weighted by molar-refractivity contribution is 5.97. The summed E-state index contributed by atoms with van der Waals surface area (Å²) >= 11 is 0. The molecule has 160 valence electrons. The number of rotatable bonds is 8. The Hall–Kier alpha value is -3.60. The van der Waals surface area contributed by atoms with Crippen molar-refractivity contribution in [2.45, 2.75) is 12.3 Å². The molecule has 0 bridgehead atoms. The Labute approximate surface area is 183 Å². The van der Waals surface area contributed by atoms with Gasteiger partial charge in [-0.2, -0.15) is 0 Å². The maximum absolute atomic E-state index is 13.1. The van der Waals surface area contributed by atoms with E-state index in [0.717, 1.165) is 11.1 Å². The average molecular weight is 417 g/mol. The van der Waals surface area contributed by atoms with Crippen LogP contribution in [0, 0.1) is 0 Å². The lowest BCUT2D eigenvalue weighted by molar-refractivity contribution is -0.130. The number of hydrogen-bond acceptors (Lipinski definition) is 3. The largest absolute Gasteiger partial charge is 0.483 e. The maximum atomic E-state index is 13.1. The molecule has 31 heavy (non-hydrogen) atoms. The highest BCUT2D eigenvalue weighted by Gasteiger charge is 2.29. The molecular weight excluding hydrogens is 388 g/mol. The first-order valence-electron chi connectivity index (χ1n) is 10.2. The van der Waals surface area contributed by atoms with Crippen LogP contribution in [0.5, 0.6) is 5.75 Å². The third-order valence-electron chi connectivity index (χ3n) is 5.41. The third kappa shape index (κ3) is 5.31. The average Bonchev–Trinajstić information content (AvgIpc) is 2.82. The van der Waals surface area contributed by atoms with Crippen molar-refractivity contribution < 1.29 is 14.3 Å². The molecular formula is C26H28N2O3. The lowest BCUT2D eigenvalue weighted by Gasteiger charge is -2.31. The van der Waals surface area contributed by atoms with Crippen LogP contribution in [0.2, 0.25) is 0 Å². The van der Waals surface area contributed by atoms with E-state index in [1.807, 2.05) is 36.4 Å². The summed E-state index contributed by atoms with van der Waals surface area (Å²) in [5.41, 5.74) is 2.22. The van der Waals surface area contributed by atoms with E-state index >= 15 is 0 Å². The molecule has 0 aliphatic carbocycles. The number of para-hydroxylation sites is 1. The summed E-state index contributed by atoms with van der Waals surface area (Å²) in [7, 11) is 3.33. The zero-order valence-electron chi connectivity index (χ0n) is 18.2. The van der Waals surface area contributed by atoms with Crippen molar-refractivity contribution in [2.24, 2.45) is 0 Å². The molecule has 2 amide bonds. The summed E-state index contributed by atoms with van der Waals surface area (Å²) < 4.78 is 5.63. The molecule has 0 aliphatic rings. The van der Waals surface area contributed by atoms with Gasteiger partial charge in [0.05, 0.1) is 5.56 Å². The van der Waals surface area contributed by atoms with Crippen LogP contribution >= 0.6 is 0 Å². The first-order chi connectivity index (χ1) is 14.9. The molecule has 3 aromatic carbocycles. The highest BCUT2D eigenvalue weighted by Crippen LogP contribution is 2.31. The van der Waals surface area contributed by atoms with Crippen molar-refractivity contribution in [3.05, 3.63) is 102 Å². The standard InChI is InChI=1S/C26H28N2O3/c1-26(20-12-6-4-7-13-20,21-14-8-5-9-15-21)19-27-25(30)22-16-10-11-17-23(22)31-18-24(29)28(2)3/h4-17H,18-19H2,1-3H3,(H,27,30). The van der Waals surface area contributed by atoms with Gasteiger partial charge in [0.2, 0.25) is 0 Å². The summed E-state index contributed by atoms with van der Waals surface area (Å²) in [6.45, 7) is 2.41. The molecule has 0 saturated carbocycles. The Morgan fingerprint density at radius 2 is 1.35 bits per heavy atom. The van der Waals surface area contributed by atoms with Gasteiger partial charge in [-0.15, -0.1) is 0 Å². The second kappa shape index (κ2) is 9.94. The van der Waals surface area contributed by atoms with Gasteiger partial charge in [0.15, 0.2) is 6.61 Å². The molecule has 0 saturated heterocycles. The zero-order chi connectivity index (χ0) is 22.3. The molecule has 0 aliphatic heterocycles. The fraction of sp³-hybridized carbons (Fsp3) is 0.231. The van der Waals surface area contributed by atoms with Crippen LogP contribution in [0.25, 0.3) is 0 Å². The van der Waals surface area contributed by atoms with Gasteiger partial charge in [-0.25, -0.2) is 0 Å². The fourth-order valence-electron chi connectivity index (χ4n) is 3.38. The number of amides is 2. The quantitative estimate of drug-likeness (QED) is 0.606. The number of nitrogens with one attached hydrogen (secondary N) is 1. The van der Waals surface area contributed by atoms with Crippen LogP contribution in [-0.2, 0) is 10.2 Å². The third-order valence-corrected chi connectivity index (χ3v) is 5.41. The van der Waals surface area contributed by atoms with Gasteiger partial charge in [-0.3, -0.25) is 9.59 Å². The van der Waals surface area contributed by atoms with Crippen molar-refractivity contribution in [2.75, 3.05) is 27.2 Å². The van der Waals surface area contributed by atoms with Crippen molar-refractivity contribution in [3.8, 4) is 5.75 Å². The fourth-order valence-corrected chi connectivity index (χ4v) is 3.38. The van der Waals surface area contributed by atoms with E-state index in [9.17, 15) is 9.59 Å². The van der Waals surface area contributed by atoms with Gasteiger partial charge in [0.25, 0.3) is 11.8 Å². The molecule has 0 unspecified atom stereocenters. The number of carbonyl (C=O) groups is 2. The topological polar surface area (TPSA) is 58.6 Å². The van der Waals surface area contributed by atoms with Crippen molar-refractivity contribution in [3.63, 3.8) is 0 Å². The minimum atomic E-state index is -0.408. The van der Waals surface area contributed by atoms with Gasteiger partial charge in [0.1, 0.15) is 5.75 Å². The monoisotopic (exact) mass is 416 g/mol. The molecule has 0 aromatic heterocycles. The highest BCUT2D eigenvalue weighted by atomic mass is 16.5. The van der Waals surface area contributed by atoms with Gasteiger partial charge < -0.3 is 15.0 Å². The Bertz CT molecular complexity index is 978. The molecule has 3 aromatic rings. The number of hydrogen-bond donors (Lipinski definition) is 1. The maximum Gasteiger partial charge on any atom is 0.259 e. The van der Waals surface area contributed by atoms with Crippen LogP contribution < -0.4 is 10.1 Å². The predicted octanol–water partition coefficient (Wildman–Crippen LogP) is 3.89. The van der Waals surface area contributed by atoms with Gasteiger partial charge in [0, 0.05) is 26.1 Å². The van der Waals surface area contributed by atoms with E-state index in [1.54, 1.807) is 38.4 Å². The number of ether oxygens (including phenoxy) is 1. The van der Waals surface area contributed by atoms with Crippen molar-refractivity contribution in [1.29, 1.82) is 0 Å². The Morgan fingerprint density at radius 3 is 1.90 bits per heavy atom. The predicted molar refractivity (Wildman–Crippen MR) is 122 cm³/mol. The van der Waals surface area contributed by atoms with E-state index < -0.39 is 5.41 Å². The van der Waals surface area contributed by atoms with Crippen LogP contribution in [0.15, 0.2) is 84.9 Å². The second-order valence-electron chi connectivity index (χ2n) is 7.82. The molecule has 5 heteroatoms. The Balaban J connectivity index is 1.80. The van der Waals surface area contributed by atoms with Crippen LogP contribution in [0.1, 0.15) is 28.4 Å². The number of likely N-dealkylation sites (N-methyl/N-ethyl adjacent to an activating group) is 1. The Kier molecular flexibility index (Phi) is 7.08. The minimum Gasteiger partial charge on any atom is -0.483 e. The van der Waals surface area contributed by atoms with E-state index in [-0.39, 0.29) is 18.4 Å². The summed E-state index contributed by atoms with van der Waals surface area (Å²) in [6, 6.07) is 27.2. The summed E-state index contributed by atoms with van der Waals surface area (Å²) in [4.78, 5) is 26.4. The number of nitrogens with zero attached hydrogens (tertiary/aromatic N) is 1. The lowest BCUT2D eigenvalue weighted by Crippen LogP contribution is -2.39. The molecule has 1 N–H and O–H groups in total. The first-order valence-corrected chi connectivity index (χ1v) is 10.2. The SMILES string of the molecule is CN(C)C(=O)COc1ccccc1C(=O)NCC(C)(c1ccccc1)c1ccccc1. The number of benzene rings is 3. The lowest BCUT2D eigenvalue weighted by atomic mass is 9.76. The minimum absolute atomic E-state index is 0.122. The molecule has 0 spiro atoms. The first kappa shape index (κ1) is 22.1. The molecule has 0 atom stereocenters. The smallest absolute Gasteiger partial charge is 0.259 e. The zero-order valence-corrected chi connectivity index (χ0v) is 18.2. The van der Waals surface area contributed by atoms with Crippen LogP contribution in [0.3, 0.4) is 0 Å². The second-order valence-corrected chi connectivity index (χ2v) is 7.82. The normalized spacial score (nSPS) is 10.9. The van der Waals surface area contributed by atoms with E-state index in [4.69, 9.17) is 4.74 Å². The van der Waals surface area contributed by atoms with E-state index in [0.29, 0.717) is 17.9 Å². The van der Waals surface area contributed by atoms with Gasteiger partial charge in [-0.1, -0.05) is 72.8 Å². The van der Waals surface area contributed by atoms with E-state index in [1.165, 1.54) is 4.90 Å². The van der Waals surface area contributed by atoms with Crippen LogP contribution in [0.4, 0.5) is 0 Å². The molecule has 0 radical (unpaired) electrons.